The molecule has 1 amide bonds. The van der Waals surface area contributed by atoms with E-state index in [9.17, 15) is 14.0 Å². The van der Waals surface area contributed by atoms with Crippen LogP contribution >= 0.6 is 0 Å². The van der Waals surface area contributed by atoms with Gasteiger partial charge in [0.25, 0.3) is 0 Å². The zero-order chi connectivity index (χ0) is 20.9. The van der Waals surface area contributed by atoms with Crippen molar-refractivity contribution < 1.29 is 13.9 Å². The summed E-state index contributed by atoms with van der Waals surface area (Å²) < 4.78 is 20.8. The Kier molecular flexibility index (Phi) is 5.75. The maximum Gasteiger partial charge on any atom is 0.239 e. The van der Waals surface area contributed by atoms with Crippen LogP contribution in [-0.4, -0.2) is 23.6 Å². The molecule has 0 bridgehead atoms. The zero-order valence-corrected chi connectivity index (χ0v) is 16.3. The number of pyridine rings is 1. The van der Waals surface area contributed by atoms with Crippen molar-refractivity contribution in [1.29, 1.82) is 0 Å². The normalized spacial score (nSPS) is 11.0. The molecule has 1 N–H and O–H groups in total. The van der Waals surface area contributed by atoms with Gasteiger partial charge in [-0.3, -0.25) is 9.59 Å². The summed E-state index contributed by atoms with van der Waals surface area (Å²) >= 11 is 0. The molecule has 0 aliphatic heterocycles. The zero-order valence-electron chi connectivity index (χ0n) is 16.3. The standard InChI is InChI=1S/C24H21FN2O3/c25-19-10-3-6-13-22(19)30-15-7-14-26-23(28)16-27-20-11-4-1-8-17(20)24(29)18-9-2-5-12-21(18)27/h1-6,8-13H,7,14-16H2,(H,26,28). The second-order valence-electron chi connectivity index (χ2n) is 6.93. The van der Waals surface area contributed by atoms with Gasteiger partial charge in [0.15, 0.2) is 17.0 Å². The highest BCUT2D eigenvalue weighted by molar-refractivity contribution is 5.94. The summed E-state index contributed by atoms with van der Waals surface area (Å²) in [7, 11) is 0. The van der Waals surface area contributed by atoms with E-state index in [1.807, 2.05) is 41.0 Å². The fourth-order valence-corrected chi connectivity index (χ4v) is 3.49. The molecule has 0 saturated heterocycles. The van der Waals surface area contributed by atoms with E-state index in [1.165, 1.54) is 6.07 Å². The monoisotopic (exact) mass is 404 g/mol. The summed E-state index contributed by atoms with van der Waals surface area (Å²) in [6.45, 7) is 0.796. The van der Waals surface area contributed by atoms with Gasteiger partial charge in [0.2, 0.25) is 5.91 Å². The van der Waals surface area contributed by atoms with E-state index in [0.717, 1.165) is 11.0 Å². The summed E-state index contributed by atoms with van der Waals surface area (Å²) in [6.07, 6.45) is 0.547. The number of nitrogens with one attached hydrogen (secondary N) is 1. The second kappa shape index (κ2) is 8.78. The van der Waals surface area contributed by atoms with E-state index in [4.69, 9.17) is 4.74 Å². The molecule has 0 aliphatic rings. The van der Waals surface area contributed by atoms with Crippen molar-refractivity contribution in [3.63, 3.8) is 0 Å². The van der Waals surface area contributed by atoms with Crippen LogP contribution in [0.2, 0.25) is 0 Å². The first-order valence-electron chi connectivity index (χ1n) is 9.79. The number of ether oxygens (including phenoxy) is 1. The van der Waals surface area contributed by atoms with Crippen LogP contribution in [0.4, 0.5) is 4.39 Å². The molecular weight excluding hydrogens is 383 g/mol. The molecule has 0 spiro atoms. The molecule has 4 rings (SSSR count). The number of rotatable bonds is 7. The predicted molar refractivity (Wildman–Crippen MR) is 115 cm³/mol. The van der Waals surface area contributed by atoms with Gasteiger partial charge >= 0.3 is 0 Å². The van der Waals surface area contributed by atoms with E-state index in [-0.39, 0.29) is 23.6 Å². The van der Waals surface area contributed by atoms with Crippen molar-refractivity contribution in [3.8, 4) is 5.75 Å². The molecule has 152 valence electrons. The molecule has 6 heteroatoms. The van der Waals surface area contributed by atoms with Crippen molar-refractivity contribution in [2.75, 3.05) is 13.2 Å². The highest BCUT2D eigenvalue weighted by atomic mass is 19.1. The first-order chi connectivity index (χ1) is 14.6. The fraction of sp³-hybridized carbons (Fsp3) is 0.167. The van der Waals surface area contributed by atoms with Crippen LogP contribution in [0.3, 0.4) is 0 Å². The van der Waals surface area contributed by atoms with Crippen LogP contribution in [0.25, 0.3) is 21.8 Å². The SMILES string of the molecule is O=C(Cn1c2ccccc2c(=O)c2ccccc21)NCCCOc1ccccc1F. The van der Waals surface area contributed by atoms with Gasteiger partial charge in [0.05, 0.1) is 17.6 Å². The van der Waals surface area contributed by atoms with Crippen molar-refractivity contribution >= 4 is 27.7 Å². The summed E-state index contributed by atoms with van der Waals surface area (Å²) in [5, 5.41) is 4.04. The van der Waals surface area contributed by atoms with E-state index >= 15 is 0 Å². The Morgan fingerprint density at radius 1 is 0.900 bits per heavy atom. The third kappa shape index (κ3) is 4.03. The highest BCUT2D eigenvalue weighted by Gasteiger charge is 2.12. The van der Waals surface area contributed by atoms with Crippen molar-refractivity contribution in [2.45, 2.75) is 13.0 Å². The van der Waals surface area contributed by atoms with E-state index in [2.05, 4.69) is 5.32 Å². The topological polar surface area (TPSA) is 60.3 Å². The number of nitrogens with zero attached hydrogens (tertiary/aromatic N) is 1. The molecule has 3 aromatic carbocycles. The molecule has 0 fully saturated rings. The quantitative estimate of drug-likeness (QED) is 0.376. The number of benzene rings is 3. The molecule has 30 heavy (non-hydrogen) atoms. The van der Waals surface area contributed by atoms with E-state index in [0.29, 0.717) is 30.3 Å². The van der Waals surface area contributed by atoms with Crippen LogP contribution < -0.4 is 15.5 Å². The van der Waals surface area contributed by atoms with E-state index < -0.39 is 5.82 Å². The minimum absolute atomic E-state index is 0.0387. The van der Waals surface area contributed by atoms with Gasteiger partial charge < -0.3 is 14.6 Å². The summed E-state index contributed by atoms with van der Waals surface area (Å²) in [4.78, 5) is 25.3. The van der Waals surface area contributed by atoms with Crippen LogP contribution in [0.15, 0.2) is 77.6 Å². The number of fused-ring (bicyclic) bond motifs is 2. The molecule has 1 aromatic heterocycles. The Labute approximate surface area is 172 Å². The third-order valence-electron chi connectivity index (χ3n) is 4.92. The number of para-hydroxylation sites is 3. The Balaban J connectivity index is 1.43. The lowest BCUT2D eigenvalue weighted by Crippen LogP contribution is -2.30. The Morgan fingerprint density at radius 2 is 1.50 bits per heavy atom. The van der Waals surface area contributed by atoms with Gasteiger partial charge in [-0.05, 0) is 42.8 Å². The first kappa shape index (κ1) is 19.6. The van der Waals surface area contributed by atoms with Gasteiger partial charge in [-0.15, -0.1) is 0 Å². The fourth-order valence-electron chi connectivity index (χ4n) is 3.49. The molecule has 0 atom stereocenters. The van der Waals surface area contributed by atoms with Gasteiger partial charge in [0.1, 0.15) is 6.54 Å². The number of halogens is 1. The van der Waals surface area contributed by atoms with Gasteiger partial charge in [-0.25, -0.2) is 4.39 Å². The Hall–Kier alpha value is -3.67. The van der Waals surface area contributed by atoms with Crippen LogP contribution in [0, 0.1) is 5.82 Å². The highest BCUT2D eigenvalue weighted by Crippen LogP contribution is 2.19. The number of carbonyl (C=O) groups excluding carboxylic acids is 1. The minimum atomic E-state index is -0.404. The second-order valence-corrected chi connectivity index (χ2v) is 6.93. The molecule has 0 radical (unpaired) electrons. The Morgan fingerprint density at radius 3 is 2.17 bits per heavy atom. The summed E-state index contributed by atoms with van der Waals surface area (Å²) in [6, 6.07) is 20.8. The molecular formula is C24H21FN2O3. The van der Waals surface area contributed by atoms with Crippen molar-refractivity contribution in [3.05, 3.63) is 88.8 Å². The van der Waals surface area contributed by atoms with Gasteiger partial charge in [0, 0.05) is 17.3 Å². The van der Waals surface area contributed by atoms with Crippen LogP contribution in [0.1, 0.15) is 6.42 Å². The lowest BCUT2D eigenvalue weighted by Gasteiger charge is -2.15. The minimum Gasteiger partial charge on any atom is -0.490 e. The molecule has 1 heterocycles. The van der Waals surface area contributed by atoms with Gasteiger partial charge in [-0.2, -0.15) is 0 Å². The first-order valence-corrected chi connectivity index (χ1v) is 9.79. The van der Waals surface area contributed by atoms with Crippen LogP contribution in [-0.2, 0) is 11.3 Å². The molecule has 5 nitrogen and oxygen atoms in total. The smallest absolute Gasteiger partial charge is 0.239 e. The number of amides is 1. The third-order valence-corrected chi connectivity index (χ3v) is 4.92. The number of carbonyl (C=O) groups is 1. The lowest BCUT2D eigenvalue weighted by molar-refractivity contribution is -0.121. The molecule has 0 saturated carbocycles. The molecule has 0 aliphatic carbocycles. The average molecular weight is 404 g/mol. The predicted octanol–water partition coefficient (Wildman–Crippen LogP) is 3.88. The molecule has 4 aromatic rings. The van der Waals surface area contributed by atoms with Gasteiger partial charge in [-0.1, -0.05) is 36.4 Å². The van der Waals surface area contributed by atoms with Crippen LogP contribution in [0.5, 0.6) is 5.75 Å². The lowest BCUT2D eigenvalue weighted by atomic mass is 10.1. The maximum atomic E-state index is 13.5. The molecule has 0 unspecified atom stereocenters. The Bertz CT molecular complexity index is 1210. The number of aromatic nitrogens is 1. The largest absolute Gasteiger partial charge is 0.490 e. The van der Waals surface area contributed by atoms with Crippen molar-refractivity contribution in [1.82, 2.24) is 9.88 Å². The number of hydrogen-bond acceptors (Lipinski definition) is 3. The van der Waals surface area contributed by atoms with Crippen molar-refractivity contribution in [2.24, 2.45) is 0 Å². The number of hydrogen-bond donors (Lipinski definition) is 1. The summed E-state index contributed by atoms with van der Waals surface area (Å²) in [5.74, 6) is -0.367. The average Bonchev–Trinajstić information content (AvgIpc) is 2.77. The van der Waals surface area contributed by atoms with E-state index in [1.54, 1.807) is 30.3 Å². The maximum absolute atomic E-state index is 13.5. The summed E-state index contributed by atoms with van der Waals surface area (Å²) in [5.41, 5.74) is 1.40.